The molecule has 138 valence electrons. The van der Waals surface area contributed by atoms with Gasteiger partial charge in [-0.25, -0.2) is 0 Å². The third-order valence-corrected chi connectivity index (χ3v) is 4.12. The molecule has 1 heterocycles. The summed E-state index contributed by atoms with van der Waals surface area (Å²) in [5.41, 5.74) is 0.316. The van der Waals surface area contributed by atoms with Crippen LogP contribution in [0.5, 0.6) is 17.2 Å². The first-order valence-corrected chi connectivity index (χ1v) is 8.05. The first kappa shape index (κ1) is 18.9. The summed E-state index contributed by atoms with van der Waals surface area (Å²) in [6.07, 6.45) is 0. The normalized spacial score (nSPS) is 14.0. The van der Waals surface area contributed by atoms with Crippen LogP contribution in [0.3, 0.4) is 0 Å². The van der Waals surface area contributed by atoms with Gasteiger partial charge in [0.2, 0.25) is 5.91 Å². The van der Waals surface area contributed by atoms with Crippen molar-refractivity contribution in [1.82, 2.24) is 15.1 Å². The van der Waals surface area contributed by atoms with Crippen molar-refractivity contribution < 1.29 is 23.8 Å². The van der Waals surface area contributed by atoms with Crippen molar-refractivity contribution in [2.75, 3.05) is 61.1 Å². The van der Waals surface area contributed by atoms with Crippen molar-refractivity contribution in [3.8, 4) is 17.2 Å². The Kier molecular flexibility index (Phi) is 6.46. The minimum atomic E-state index is -0.318. The number of amides is 2. The largest absolute Gasteiger partial charge is 0.496 e. The number of methoxy groups -OCH3 is 3. The van der Waals surface area contributed by atoms with Crippen LogP contribution in [0.2, 0.25) is 0 Å². The summed E-state index contributed by atoms with van der Waals surface area (Å²) >= 11 is 0. The number of carbonyl (C=O) groups is 2. The zero-order chi connectivity index (χ0) is 18.4. The van der Waals surface area contributed by atoms with Crippen LogP contribution in [0.4, 0.5) is 0 Å². The Bertz CT molecular complexity index is 629. The molecule has 0 radical (unpaired) electrons. The van der Waals surface area contributed by atoms with Crippen LogP contribution in [0.25, 0.3) is 0 Å². The number of piperazine rings is 1. The maximum atomic E-state index is 12.8. The van der Waals surface area contributed by atoms with Crippen molar-refractivity contribution in [2.45, 2.75) is 0 Å². The monoisotopic (exact) mass is 351 g/mol. The van der Waals surface area contributed by atoms with E-state index in [-0.39, 0.29) is 18.4 Å². The molecule has 2 rings (SSSR count). The van der Waals surface area contributed by atoms with Crippen molar-refractivity contribution in [3.63, 3.8) is 0 Å². The second-order valence-electron chi connectivity index (χ2n) is 5.70. The lowest BCUT2D eigenvalue weighted by Gasteiger charge is -2.29. The van der Waals surface area contributed by atoms with Gasteiger partial charge in [0.1, 0.15) is 5.75 Å². The zero-order valence-electron chi connectivity index (χ0n) is 15.1. The number of carbonyl (C=O) groups excluding carboxylic acids is 2. The molecule has 25 heavy (non-hydrogen) atoms. The molecule has 0 bridgehead atoms. The van der Waals surface area contributed by atoms with E-state index in [0.717, 1.165) is 13.1 Å². The Morgan fingerprint density at radius 3 is 2.16 bits per heavy atom. The summed E-state index contributed by atoms with van der Waals surface area (Å²) in [7, 11) is 6.08. The highest BCUT2D eigenvalue weighted by atomic mass is 16.5. The molecule has 1 saturated heterocycles. The maximum Gasteiger partial charge on any atom is 0.257 e. The highest BCUT2D eigenvalue weighted by Gasteiger charge is 2.24. The number of hydrogen-bond acceptors (Lipinski definition) is 6. The summed E-state index contributed by atoms with van der Waals surface area (Å²) in [6.45, 7) is 2.86. The number of rotatable bonds is 6. The maximum absolute atomic E-state index is 12.8. The van der Waals surface area contributed by atoms with E-state index in [1.165, 1.54) is 26.2 Å². The Morgan fingerprint density at radius 2 is 1.60 bits per heavy atom. The molecule has 0 atom stereocenters. The smallest absolute Gasteiger partial charge is 0.257 e. The first-order valence-electron chi connectivity index (χ1n) is 8.05. The van der Waals surface area contributed by atoms with Gasteiger partial charge >= 0.3 is 0 Å². The van der Waals surface area contributed by atoms with Gasteiger partial charge in [0.15, 0.2) is 11.5 Å². The second-order valence-corrected chi connectivity index (χ2v) is 5.70. The van der Waals surface area contributed by atoms with Gasteiger partial charge in [0.05, 0.1) is 33.4 Å². The molecule has 0 aliphatic carbocycles. The number of nitrogens with zero attached hydrogens (tertiary/aromatic N) is 2. The molecule has 1 aromatic rings. The SMILES string of the molecule is COc1cc(OC)c(C(=O)N(C)CC(=O)N2CCNCC2)cc1OC. The predicted octanol–water partition coefficient (Wildman–Crippen LogP) is 0.216. The lowest BCUT2D eigenvalue weighted by molar-refractivity contribution is -0.132. The van der Waals surface area contributed by atoms with Crippen molar-refractivity contribution in [1.29, 1.82) is 0 Å². The molecule has 0 spiro atoms. The minimum Gasteiger partial charge on any atom is -0.496 e. The van der Waals surface area contributed by atoms with Crippen LogP contribution in [-0.2, 0) is 4.79 Å². The average molecular weight is 351 g/mol. The molecule has 8 heteroatoms. The average Bonchev–Trinajstić information content (AvgIpc) is 2.66. The molecule has 1 fully saturated rings. The molecule has 1 aliphatic rings. The molecule has 1 aromatic carbocycles. The van der Waals surface area contributed by atoms with Crippen LogP contribution in [0, 0.1) is 0 Å². The van der Waals surface area contributed by atoms with Crippen LogP contribution in [0.1, 0.15) is 10.4 Å². The molecule has 2 amide bonds. The fraction of sp³-hybridized carbons (Fsp3) is 0.529. The number of hydrogen-bond donors (Lipinski definition) is 1. The van der Waals surface area contributed by atoms with Gasteiger partial charge in [-0.1, -0.05) is 0 Å². The number of ether oxygens (including phenoxy) is 3. The lowest BCUT2D eigenvalue weighted by atomic mass is 10.1. The van der Waals surface area contributed by atoms with Gasteiger partial charge in [-0.05, 0) is 0 Å². The fourth-order valence-electron chi connectivity index (χ4n) is 2.69. The topological polar surface area (TPSA) is 80.3 Å². The third-order valence-electron chi connectivity index (χ3n) is 4.12. The summed E-state index contributed by atoms with van der Waals surface area (Å²) in [6, 6.07) is 3.16. The Hall–Kier alpha value is -2.48. The lowest BCUT2D eigenvalue weighted by Crippen LogP contribution is -2.49. The molecular formula is C17H25N3O5. The van der Waals surface area contributed by atoms with E-state index in [0.29, 0.717) is 35.9 Å². The van der Waals surface area contributed by atoms with Crippen molar-refractivity contribution in [2.24, 2.45) is 0 Å². The van der Waals surface area contributed by atoms with Gasteiger partial charge in [-0.15, -0.1) is 0 Å². The Labute approximate surface area is 147 Å². The third kappa shape index (κ3) is 4.33. The molecular weight excluding hydrogens is 326 g/mol. The first-order chi connectivity index (χ1) is 12.0. The molecule has 0 unspecified atom stereocenters. The zero-order valence-corrected chi connectivity index (χ0v) is 15.1. The molecule has 0 aromatic heterocycles. The van der Waals surface area contributed by atoms with Crippen LogP contribution in [0.15, 0.2) is 12.1 Å². The number of likely N-dealkylation sites (N-methyl/N-ethyl adjacent to an activating group) is 1. The molecule has 8 nitrogen and oxygen atoms in total. The van der Waals surface area contributed by atoms with Crippen LogP contribution in [-0.4, -0.2) is 82.7 Å². The summed E-state index contributed by atoms with van der Waals surface area (Å²) in [5, 5.41) is 3.19. The van der Waals surface area contributed by atoms with E-state index < -0.39 is 0 Å². The van der Waals surface area contributed by atoms with E-state index in [1.807, 2.05) is 0 Å². The van der Waals surface area contributed by atoms with Gasteiger partial charge in [0.25, 0.3) is 5.91 Å². The number of nitrogens with one attached hydrogen (secondary N) is 1. The van der Waals surface area contributed by atoms with E-state index in [2.05, 4.69) is 5.32 Å². The minimum absolute atomic E-state index is 0.0103. The summed E-state index contributed by atoms with van der Waals surface area (Å²) in [5.74, 6) is 0.867. The second kappa shape index (κ2) is 8.57. The highest BCUT2D eigenvalue weighted by molar-refractivity contribution is 5.99. The summed E-state index contributed by atoms with van der Waals surface area (Å²) < 4.78 is 15.8. The Balaban J connectivity index is 2.16. The quantitative estimate of drug-likeness (QED) is 0.790. The Morgan fingerprint density at radius 1 is 1.04 bits per heavy atom. The fourth-order valence-corrected chi connectivity index (χ4v) is 2.69. The van der Waals surface area contributed by atoms with Gasteiger partial charge < -0.3 is 29.3 Å². The molecule has 1 N–H and O–H groups in total. The van der Waals surface area contributed by atoms with Crippen LogP contribution >= 0.6 is 0 Å². The van der Waals surface area contributed by atoms with E-state index in [1.54, 1.807) is 24.1 Å². The van der Waals surface area contributed by atoms with Crippen LogP contribution < -0.4 is 19.5 Å². The number of benzene rings is 1. The van der Waals surface area contributed by atoms with Crippen molar-refractivity contribution in [3.05, 3.63) is 17.7 Å². The van der Waals surface area contributed by atoms with Gasteiger partial charge in [-0.2, -0.15) is 0 Å². The van der Waals surface area contributed by atoms with E-state index in [4.69, 9.17) is 14.2 Å². The van der Waals surface area contributed by atoms with Gasteiger partial charge in [-0.3, -0.25) is 9.59 Å². The van der Waals surface area contributed by atoms with E-state index >= 15 is 0 Å². The van der Waals surface area contributed by atoms with E-state index in [9.17, 15) is 9.59 Å². The molecule has 0 saturated carbocycles. The molecule has 1 aliphatic heterocycles. The van der Waals surface area contributed by atoms with Gasteiger partial charge in [0, 0.05) is 45.4 Å². The standard InChI is InChI=1S/C17H25N3O5/c1-19(11-16(21)20-7-5-18-6-8-20)17(22)12-9-14(24-3)15(25-4)10-13(12)23-2/h9-10,18H,5-8,11H2,1-4H3. The van der Waals surface area contributed by atoms with Crippen molar-refractivity contribution >= 4 is 11.8 Å². The highest BCUT2D eigenvalue weighted by Crippen LogP contribution is 2.35. The summed E-state index contributed by atoms with van der Waals surface area (Å²) in [4.78, 5) is 28.3. The predicted molar refractivity (Wildman–Crippen MR) is 92.5 cm³/mol.